The molecule has 2 amide bonds. The molecule has 0 aliphatic carbocycles. The largest absolute Gasteiger partial charge is 0.464 e. The van der Waals surface area contributed by atoms with Crippen LogP contribution in [0.25, 0.3) is 0 Å². The van der Waals surface area contributed by atoms with Crippen molar-refractivity contribution in [2.24, 2.45) is 0 Å². The summed E-state index contributed by atoms with van der Waals surface area (Å²) in [5.74, 6) is -1.29. The van der Waals surface area contributed by atoms with Crippen LogP contribution in [-0.2, 0) is 41.5 Å². The van der Waals surface area contributed by atoms with Crippen molar-refractivity contribution < 1.29 is 28.7 Å². The van der Waals surface area contributed by atoms with Crippen LogP contribution in [-0.4, -0.2) is 49.1 Å². The number of ether oxygens (including phenoxy) is 2. The Morgan fingerprint density at radius 1 is 0.393 bits per heavy atom. The van der Waals surface area contributed by atoms with Crippen LogP contribution >= 0.6 is 0 Å². The molecule has 2 N–H and O–H groups in total. The van der Waals surface area contributed by atoms with Gasteiger partial charge in [-0.25, -0.2) is 9.59 Å². The highest BCUT2D eigenvalue weighted by molar-refractivity contribution is 5.85. The van der Waals surface area contributed by atoms with Gasteiger partial charge < -0.3 is 20.1 Å². The Labute approximate surface area is 371 Å². The van der Waals surface area contributed by atoms with Gasteiger partial charge in [-0.3, -0.25) is 9.59 Å². The second kappa shape index (κ2) is 38.0. The van der Waals surface area contributed by atoms with E-state index in [0.29, 0.717) is 32.1 Å². The quantitative estimate of drug-likeness (QED) is 0.0510. The summed E-state index contributed by atoms with van der Waals surface area (Å²) in [6.07, 6.45) is 34.0. The van der Waals surface area contributed by atoms with Crippen LogP contribution in [0.4, 0.5) is 0 Å². The second-order valence-electron chi connectivity index (χ2n) is 17.3. The summed E-state index contributed by atoms with van der Waals surface area (Å²) in [7, 11) is 0. The van der Waals surface area contributed by atoms with Crippen LogP contribution in [0, 0.1) is 0 Å². The fourth-order valence-corrected chi connectivity index (χ4v) is 7.83. The number of carbonyl (C=O) groups is 4. The summed E-state index contributed by atoms with van der Waals surface area (Å²) in [6.45, 7) is 4.60. The average Bonchev–Trinajstić information content (AvgIpc) is 3.26. The maximum Gasteiger partial charge on any atom is 0.328 e. The molecule has 0 spiro atoms. The van der Waals surface area contributed by atoms with Gasteiger partial charge in [0, 0.05) is 32.1 Å². The van der Waals surface area contributed by atoms with Crippen LogP contribution in [0.3, 0.4) is 0 Å². The number of hydrogen-bond donors (Lipinski definition) is 2. The molecule has 2 atom stereocenters. The number of esters is 2. The van der Waals surface area contributed by atoms with Gasteiger partial charge in [0.05, 0.1) is 13.2 Å². The molecular weight excluding hydrogens is 761 g/mol. The molecule has 0 heterocycles. The van der Waals surface area contributed by atoms with Crippen molar-refractivity contribution in [1.29, 1.82) is 0 Å². The molecule has 0 unspecified atom stereocenters. The van der Waals surface area contributed by atoms with Crippen LogP contribution in [0.2, 0.25) is 0 Å². The Morgan fingerprint density at radius 2 is 0.672 bits per heavy atom. The summed E-state index contributed by atoms with van der Waals surface area (Å²) in [5.41, 5.74) is 1.86. The van der Waals surface area contributed by atoms with Crippen molar-refractivity contribution in [2.45, 2.75) is 225 Å². The fraction of sp³-hybridized carbons (Fsp3) is 0.698. The summed E-state index contributed by atoms with van der Waals surface area (Å²) in [5, 5.41) is 5.85. The van der Waals surface area contributed by atoms with Crippen molar-refractivity contribution >= 4 is 23.8 Å². The van der Waals surface area contributed by atoms with E-state index in [-0.39, 0.29) is 25.0 Å². The van der Waals surface area contributed by atoms with Gasteiger partial charge in [0.25, 0.3) is 0 Å². The lowest BCUT2D eigenvalue weighted by Crippen LogP contribution is -2.44. The van der Waals surface area contributed by atoms with Crippen LogP contribution in [0.15, 0.2) is 60.7 Å². The maximum absolute atomic E-state index is 13.2. The zero-order valence-electron chi connectivity index (χ0n) is 38.7. The van der Waals surface area contributed by atoms with E-state index >= 15 is 0 Å². The van der Waals surface area contributed by atoms with Crippen molar-refractivity contribution in [1.82, 2.24) is 10.6 Å². The number of benzene rings is 2. The molecule has 0 aliphatic rings. The van der Waals surface area contributed by atoms with E-state index in [0.717, 1.165) is 49.7 Å². The van der Waals surface area contributed by atoms with Crippen molar-refractivity contribution in [3.8, 4) is 0 Å². The van der Waals surface area contributed by atoms with Gasteiger partial charge in [0.15, 0.2) is 0 Å². The molecule has 8 nitrogen and oxygen atoms in total. The van der Waals surface area contributed by atoms with Crippen molar-refractivity contribution in [3.05, 3.63) is 71.8 Å². The molecule has 0 fully saturated rings. The van der Waals surface area contributed by atoms with E-state index in [4.69, 9.17) is 9.47 Å². The molecule has 8 heteroatoms. The highest BCUT2D eigenvalue weighted by Gasteiger charge is 2.24. The molecule has 0 radical (unpaired) electrons. The fourth-order valence-electron chi connectivity index (χ4n) is 7.83. The predicted octanol–water partition coefficient (Wildman–Crippen LogP) is 12.9. The molecule has 61 heavy (non-hydrogen) atoms. The van der Waals surface area contributed by atoms with Gasteiger partial charge in [-0.1, -0.05) is 229 Å². The number of carbonyl (C=O) groups excluding carboxylic acids is 4. The third kappa shape index (κ3) is 30.1. The van der Waals surface area contributed by atoms with Gasteiger partial charge in [-0.05, 0) is 24.0 Å². The smallest absolute Gasteiger partial charge is 0.328 e. The van der Waals surface area contributed by atoms with E-state index in [9.17, 15) is 19.2 Å². The SMILES string of the molecule is CCCCCCCCCCCCCCCC(=O)N[C@@H](Cc1ccccc1)C(=O)OCCCOC(=O)[C@H](Cc1ccccc1)NC(=O)CCCCCCCCCCCCCCC. The Balaban J connectivity index is 1.70. The lowest BCUT2D eigenvalue weighted by molar-refractivity contribution is -0.150. The maximum atomic E-state index is 13.2. The molecule has 0 bridgehead atoms. The number of unbranched alkanes of at least 4 members (excludes halogenated alkanes) is 24. The minimum absolute atomic E-state index is 0.0425. The van der Waals surface area contributed by atoms with E-state index in [1.54, 1.807) is 0 Å². The lowest BCUT2D eigenvalue weighted by Gasteiger charge is -2.19. The van der Waals surface area contributed by atoms with E-state index < -0.39 is 24.0 Å². The summed E-state index contributed by atoms with van der Waals surface area (Å²) >= 11 is 0. The van der Waals surface area contributed by atoms with Gasteiger partial charge in [-0.2, -0.15) is 0 Å². The first-order chi connectivity index (χ1) is 29.9. The standard InChI is InChI=1S/C53H86N2O6/c1-3-5-7-9-11-13-15-17-19-21-23-25-33-40-50(56)54-48(44-46-36-29-27-30-37-46)52(58)60-42-35-43-61-53(59)49(45-47-38-31-28-32-39-47)55-51(57)41-34-26-24-22-20-18-16-14-12-10-8-6-4-2/h27-32,36-39,48-49H,3-26,33-35,40-45H2,1-2H3,(H,54,56)(H,55,57)/t48-,49-/m0/s1. The number of nitrogens with one attached hydrogen (secondary N) is 2. The van der Waals surface area contributed by atoms with Gasteiger partial charge in [0.2, 0.25) is 11.8 Å². The van der Waals surface area contributed by atoms with Crippen molar-refractivity contribution in [3.63, 3.8) is 0 Å². The van der Waals surface area contributed by atoms with Crippen LogP contribution in [0.5, 0.6) is 0 Å². The Hall–Kier alpha value is -3.68. The summed E-state index contributed by atoms with van der Waals surface area (Å²) < 4.78 is 11.2. The first-order valence-corrected chi connectivity index (χ1v) is 24.9. The summed E-state index contributed by atoms with van der Waals surface area (Å²) in [4.78, 5) is 52.4. The first-order valence-electron chi connectivity index (χ1n) is 24.9. The number of amides is 2. The summed E-state index contributed by atoms with van der Waals surface area (Å²) in [6, 6.07) is 17.6. The molecule has 0 aromatic heterocycles. The van der Waals surface area contributed by atoms with E-state index in [1.807, 2.05) is 60.7 Å². The van der Waals surface area contributed by atoms with Crippen molar-refractivity contribution in [2.75, 3.05) is 13.2 Å². The highest BCUT2D eigenvalue weighted by atomic mass is 16.5. The third-order valence-corrected chi connectivity index (χ3v) is 11.6. The van der Waals surface area contributed by atoms with E-state index in [1.165, 1.54) is 128 Å². The molecule has 0 saturated heterocycles. The van der Waals surface area contributed by atoms with E-state index in [2.05, 4.69) is 24.5 Å². The zero-order chi connectivity index (χ0) is 43.9. The number of hydrogen-bond acceptors (Lipinski definition) is 6. The minimum Gasteiger partial charge on any atom is -0.464 e. The lowest BCUT2D eigenvalue weighted by atomic mass is 10.0. The minimum atomic E-state index is -0.806. The molecule has 2 aromatic carbocycles. The Bertz CT molecular complexity index is 1270. The molecule has 0 aliphatic heterocycles. The van der Waals surface area contributed by atoms with Crippen LogP contribution in [0.1, 0.15) is 211 Å². The van der Waals surface area contributed by atoms with Gasteiger partial charge in [0.1, 0.15) is 12.1 Å². The molecule has 2 rings (SSSR count). The predicted molar refractivity (Wildman–Crippen MR) is 251 cm³/mol. The highest BCUT2D eigenvalue weighted by Crippen LogP contribution is 2.15. The molecule has 2 aromatic rings. The average molecular weight is 847 g/mol. The molecular formula is C53H86N2O6. The molecule has 0 saturated carbocycles. The Morgan fingerprint density at radius 3 is 0.967 bits per heavy atom. The monoisotopic (exact) mass is 847 g/mol. The topological polar surface area (TPSA) is 111 Å². The zero-order valence-corrected chi connectivity index (χ0v) is 38.7. The first kappa shape index (κ1) is 53.5. The Kier molecular flexibility index (Phi) is 33.3. The third-order valence-electron chi connectivity index (χ3n) is 11.6. The number of rotatable bonds is 40. The molecule has 344 valence electrons. The second-order valence-corrected chi connectivity index (χ2v) is 17.3. The normalized spacial score (nSPS) is 12.1. The van der Waals surface area contributed by atoms with Crippen LogP contribution < -0.4 is 10.6 Å². The van der Waals surface area contributed by atoms with Gasteiger partial charge >= 0.3 is 11.9 Å². The van der Waals surface area contributed by atoms with Gasteiger partial charge in [-0.15, -0.1) is 0 Å².